The highest BCUT2D eigenvalue weighted by molar-refractivity contribution is 5.92. The zero-order chi connectivity index (χ0) is 32.8. The maximum absolute atomic E-state index is 14.3. The summed E-state index contributed by atoms with van der Waals surface area (Å²) in [6.07, 6.45) is 1.51. The first-order valence-electron chi connectivity index (χ1n) is 15.0. The summed E-state index contributed by atoms with van der Waals surface area (Å²) in [4.78, 5) is 50.6. The quantitative estimate of drug-likeness (QED) is 0.337. The lowest BCUT2D eigenvalue weighted by Crippen LogP contribution is -2.48. The molecule has 46 heavy (non-hydrogen) atoms. The number of carbonyl (C=O) groups excluding carboxylic acids is 3. The van der Waals surface area contributed by atoms with Gasteiger partial charge in [-0.05, 0) is 30.7 Å². The molecule has 5 rings (SSSR count). The van der Waals surface area contributed by atoms with Gasteiger partial charge in [0.2, 0.25) is 5.91 Å². The summed E-state index contributed by atoms with van der Waals surface area (Å²) in [5, 5.41) is 9.04. The molecular formula is C30H36F3N9O4. The molecule has 2 saturated heterocycles. The molecule has 3 amide bonds. The number of amides is 3. The summed E-state index contributed by atoms with van der Waals surface area (Å²) in [6.45, 7) is 6.52. The molecule has 3 aromatic rings. The van der Waals surface area contributed by atoms with Gasteiger partial charge in [0.25, 0.3) is 0 Å². The van der Waals surface area contributed by atoms with Gasteiger partial charge in [-0.25, -0.2) is 19.3 Å². The first-order chi connectivity index (χ1) is 22.0. The van der Waals surface area contributed by atoms with Crippen molar-refractivity contribution in [1.82, 2.24) is 34.7 Å². The second-order valence-corrected chi connectivity index (χ2v) is 11.0. The Bertz CT molecular complexity index is 1610. The van der Waals surface area contributed by atoms with E-state index in [1.165, 1.54) is 13.1 Å². The van der Waals surface area contributed by atoms with Crippen LogP contribution >= 0.6 is 0 Å². The molecule has 0 bridgehead atoms. The van der Waals surface area contributed by atoms with Crippen molar-refractivity contribution in [3.63, 3.8) is 0 Å². The number of carbonyl (C=O) groups is 3. The minimum Gasteiger partial charge on any atom is -0.378 e. The summed E-state index contributed by atoms with van der Waals surface area (Å²) < 4.78 is 49.8. The third-order valence-electron chi connectivity index (χ3n) is 7.80. The Labute approximate surface area is 263 Å². The number of nitrogens with zero attached hydrogens (tertiary/aromatic N) is 7. The van der Waals surface area contributed by atoms with Gasteiger partial charge in [-0.2, -0.15) is 13.2 Å². The third-order valence-corrected chi connectivity index (χ3v) is 7.80. The normalized spacial score (nSPS) is 16.3. The Hall–Kier alpha value is -4.57. The number of aromatic nitrogens is 4. The van der Waals surface area contributed by atoms with Crippen molar-refractivity contribution in [3.05, 3.63) is 47.8 Å². The molecule has 2 N–H and O–H groups in total. The Morgan fingerprint density at radius 2 is 1.78 bits per heavy atom. The van der Waals surface area contributed by atoms with Crippen LogP contribution in [0.5, 0.6) is 0 Å². The number of pyridine rings is 1. The number of anilines is 2. The summed E-state index contributed by atoms with van der Waals surface area (Å²) in [6, 6.07) is 1.99. The average Bonchev–Trinajstić information content (AvgIpc) is 3.46. The van der Waals surface area contributed by atoms with Gasteiger partial charge in [-0.1, -0.05) is 6.08 Å². The molecule has 16 heteroatoms. The fourth-order valence-corrected chi connectivity index (χ4v) is 5.43. The van der Waals surface area contributed by atoms with Crippen molar-refractivity contribution in [3.8, 4) is 11.4 Å². The number of alkyl halides is 3. The van der Waals surface area contributed by atoms with Crippen LogP contribution in [0.2, 0.25) is 0 Å². The predicted molar refractivity (Wildman–Crippen MR) is 163 cm³/mol. The standard InChI is InChI=1S/C30H36F3N9O4/c1-3-4-21(43)5-6-26(44)40-9-7-39(8-10-40)18-20-15-24-28(41-11-13-46-14-12-41)37-27(38-42(24)19-20)22-17-35-25(36-29(45)34-2)16-23(22)30(31,32)33/h3-4,15-17,19H,5-14,18H2,1-2H3,(H2,34,35,36,45)/b4-3-. The smallest absolute Gasteiger partial charge is 0.378 e. The van der Waals surface area contributed by atoms with E-state index in [1.807, 2.05) is 11.0 Å². The Kier molecular flexibility index (Phi) is 10.2. The average molecular weight is 644 g/mol. The van der Waals surface area contributed by atoms with Gasteiger partial charge in [0.05, 0.1) is 24.3 Å². The molecule has 2 aliphatic heterocycles. The van der Waals surface area contributed by atoms with Gasteiger partial charge in [0, 0.05) is 78.1 Å². The number of nitrogens with one attached hydrogen (secondary N) is 2. The van der Waals surface area contributed by atoms with Gasteiger partial charge in [0.1, 0.15) is 11.3 Å². The SMILES string of the molecule is C/C=C\C(=O)CCC(=O)N1CCN(Cc2cc3c(N4CCOCC4)nc(-c4cnc(NC(=O)NC)cc4C(F)(F)F)nn3c2)CC1. The second-order valence-electron chi connectivity index (χ2n) is 11.0. The van der Waals surface area contributed by atoms with Crippen molar-refractivity contribution >= 4 is 34.9 Å². The molecular weight excluding hydrogens is 607 g/mol. The molecule has 0 unspecified atom stereocenters. The molecule has 2 fully saturated rings. The minimum absolute atomic E-state index is 0.0461. The molecule has 2 aliphatic rings. The van der Waals surface area contributed by atoms with E-state index >= 15 is 0 Å². The lowest BCUT2D eigenvalue weighted by Gasteiger charge is -2.34. The summed E-state index contributed by atoms with van der Waals surface area (Å²) in [5.74, 6) is -0.0724. The number of piperazine rings is 1. The highest BCUT2D eigenvalue weighted by Crippen LogP contribution is 2.38. The van der Waals surface area contributed by atoms with E-state index in [4.69, 9.17) is 4.74 Å². The molecule has 5 heterocycles. The molecule has 0 atom stereocenters. The zero-order valence-corrected chi connectivity index (χ0v) is 25.6. The van der Waals surface area contributed by atoms with E-state index in [2.05, 4.69) is 30.6 Å². The van der Waals surface area contributed by atoms with Crippen LogP contribution in [0.3, 0.4) is 0 Å². The lowest BCUT2D eigenvalue weighted by molar-refractivity contribution is -0.137. The maximum atomic E-state index is 14.3. The Balaban J connectivity index is 1.39. The van der Waals surface area contributed by atoms with Crippen molar-refractivity contribution in [1.29, 1.82) is 0 Å². The van der Waals surface area contributed by atoms with Gasteiger partial charge >= 0.3 is 12.2 Å². The van der Waals surface area contributed by atoms with E-state index in [9.17, 15) is 27.6 Å². The van der Waals surface area contributed by atoms with Crippen LogP contribution in [-0.4, -0.2) is 107 Å². The number of ketones is 1. The minimum atomic E-state index is -4.78. The van der Waals surface area contributed by atoms with Crippen LogP contribution in [0.25, 0.3) is 16.9 Å². The summed E-state index contributed by atoms with van der Waals surface area (Å²) in [7, 11) is 1.34. The predicted octanol–water partition coefficient (Wildman–Crippen LogP) is 2.97. The fraction of sp³-hybridized carbons (Fsp3) is 0.467. The van der Waals surface area contributed by atoms with Crippen LogP contribution in [-0.2, 0) is 27.0 Å². The van der Waals surface area contributed by atoms with Crippen molar-refractivity contribution in [2.45, 2.75) is 32.5 Å². The van der Waals surface area contributed by atoms with Crippen molar-refractivity contribution < 1.29 is 32.3 Å². The van der Waals surface area contributed by atoms with Crippen molar-refractivity contribution in [2.75, 3.05) is 69.7 Å². The Morgan fingerprint density at radius 1 is 1.04 bits per heavy atom. The monoisotopic (exact) mass is 643 g/mol. The maximum Gasteiger partial charge on any atom is 0.417 e. The van der Waals surface area contributed by atoms with Crippen molar-refractivity contribution in [2.24, 2.45) is 0 Å². The summed E-state index contributed by atoms with van der Waals surface area (Å²) >= 11 is 0. The van der Waals surface area contributed by atoms with Crippen LogP contribution < -0.4 is 15.5 Å². The van der Waals surface area contributed by atoms with E-state index < -0.39 is 17.8 Å². The molecule has 0 aliphatic carbocycles. The number of allylic oxidation sites excluding steroid dienone is 2. The van der Waals surface area contributed by atoms with E-state index in [-0.39, 0.29) is 41.7 Å². The number of morpholine rings is 1. The van der Waals surface area contributed by atoms with E-state index in [0.29, 0.717) is 70.4 Å². The van der Waals surface area contributed by atoms with Crippen LogP contribution in [0.4, 0.5) is 29.6 Å². The van der Waals surface area contributed by atoms with Gasteiger partial charge < -0.3 is 19.9 Å². The number of hydrogen-bond acceptors (Lipinski definition) is 9. The topological polar surface area (TPSA) is 137 Å². The first kappa shape index (κ1) is 32.8. The lowest BCUT2D eigenvalue weighted by atomic mass is 10.1. The third kappa shape index (κ3) is 7.80. The number of ether oxygens (including phenoxy) is 1. The number of fused-ring (bicyclic) bond motifs is 1. The van der Waals surface area contributed by atoms with Gasteiger partial charge in [0.15, 0.2) is 17.4 Å². The molecule has 0 aromatic carbocycles. The zero-order valence-electron chi connectivity index (χ0n) is 25.6. The molecule has 0 spiro atoms. The first-order valence-corrected chi connectivity index (χ1v) is 15.0. The number of urea groups is 1. The highest BCUT2D eigenvalue weighted by atomic mass is 19.4. The van der Waals surface area contributed by atoms with Crippen LogP contribution in [0, 0.1) is 0 Å². The molecule has 246 valence electrons. The number of halogens is 3. The van der Waals surface area contributed by atoms with E-state index in [0.717, 1.165) is 17.8 Å². The summed E-state index contributed by atoms with van der Waals surface area (Å²) in [5.41, 5.74) is 0.165. The van der Waals surface area contributed by atoms with Crippen LogP contribution in [0.1, 0.15) is 30.9 Å². The fourth-order valence-electron chi connectivity index (χ4n) is 5.43. The molecule has 0 radical (unpaired) electrons. The molecule has 13 nitrogen and oxygen atoms in total. The molecule has 3 aromatic heterocycles. The van der Waals surface area contributed by atoms with E-state index in [1.54, 1.807) is 28.6 Å². The van der Waals surface area contributed by atoms with Gasteiger partial charge in [-0.15, -0.1) is 5.10 Å². The highest BCUT2D eigenvalue weighted by Gasteiger charge is 2.36. The Morgan fingerprint density at radius 3 is 2.46 bits per heavy atom. The largest absolute Gasteiger partial charge is 0.417 e. The molecule has 0 saturated carbocycles. The number of rotatable bonds is 9. The van der Waals surface area contributed by atoms with Crippen LogP contribution in [0.15, 0.2) is 36.7 Å². The second kappa shape index (κ2) is 14.2. The van der Waals surface area contributed by atoms with Gasteiger partial charge in [-0.3, -0.25) is 19.8 Å². The number of hydrogen-bond donors (Lipinski definition) is 2.